The Morgan fingerprint density at radius 1 is 1.19 bits per heavy atom. The van der Waals surface area contributed by atoms with Gasteiger partial charge in [0.15, 0.2) is 5.16 Å². The lowest BCUT2D eigenvalue weighted by atomic mass is 10.1. The summed E-state index contributed by atoms with van der Waals surface area (Å²) in [6.45, 7) is 4.72. The van der Waals surface area contributed by atoms with Crippen LogP contribution in [-0.2, 0) is 11.3 Å². The molecule has 0 radical (unpaired) electrons. The van der Waals surface area contributed by atoms with Crippen LogP contribution in [0.5, 0.6) is 5.75 Å². The average molecular weight is 452 g/mol. The van der Waals surface area contributed by atoms with E-state index in [9.17, 15) is 9.59 Å². The van der Waals surface area contributed by atoms with E-state index in [1.807, 2.05) is 24.3 Å². The number of benzene rings is 2. The van der Waals surface area contributed by atoms with Crippen molar-refractivity contribution < 1.29 is 13.9 Å². The molecular formula is C24H25N3O4S. The number of fused-ring (bicyclic) bond motifs is 3. The van der Waals surface area contributed by atoms with E-state index < -0.39 is 0 Å². The number of methoxy groups -OCH3 is 1. The molecule has 0 fully saturated rings. The molecule has 0 aliphatic rings. The fourth-order valence-corrected chi connectivity index (χ4v) is 4.17. The van der Waals surface area contributed by atoms with E-state index in [0.29, 0.717) is 34.4 Å². The molecule has 0 bridgehead atoms. The minimum atomic E-state index is -0.218. The van der Waals surface area contributed by atoms with Crippen molar-refractivity contribution in [2.75, 3.05) is 18.2 Å². The number of hydrogen-bond donors (Lipinski definition) is 1. The monoisotopic (exact) mass is 451 g/mol. The number of thioether (sulfide) groups is 1. The van der Waals surface area contributed by atoms with Crippen molar-refractivity contribution in [2.45, 2.75) is 32.0 Å². The molecule has 1 N–H and O–H groups in total. The molecule has 2 aromatic heterocycles. The molecule has 4 rings (SSSR count). The lowest BCUT2D eigenvalue weighted by molar-refractivity contribution is -0.113. The SMILES string of the molecule is COc1ccc(NC(=O)CSc2nc3c(oc4ccccc43)c(=O)n2CCC(C)C)cc1. The van der Waals surface area contributed by atoms with Crippen LogP contribution in [0.25, 0.3) is 22.1 Å². The summed E-state index contributed by atoms with van der Waals surface area (Å²) < 4.78 is 12.6. The van der Waals surface area contributed by atoms with Crippen LogP contribution in [0, 0.1) is 5.92 Å². The summed E-state index contributed by atoms with van der Waals surface area (Å²) in [6.07, 6.45) is 0.818. The zero-order valence-corrected chi connectivity index (χ0v) is 19.1. The van der Waals surface area contributed by atoms with Crippen molar-refractivity contribution in [1.82, 2.24) is 9.55 Å². The maximum absolute atomic E-state index is 13.2. The van der Waals surface area contributed by atoms with Gasteiger partial charge < -0.3 is 14.5 Å². The van der Waals surface area contributed by atoms with E-state index in [1.54, 1.807) is 35.9 Å². The molecule has 0 saturated carbocycles. The number of hydrogen-bond acceptors (Lipinski definition) is 6. The number of rotatable bonds is 8. The van der Waals surface area contributed by atoms with Gasteiger partial charge in [-0.05, 0) is 48.7 Å². The Hall–Kier alpha value is -3.26. The van der Waals surface area contributed by atoms with Gasteiger partial charge in [-0.15, -0.1) is 0 Å². The normalized spacial score (nSPS) is 11.4. The number of amides is 1. The average Bonchev–Trinajstić information content (AvgIpc) is 3.16. The number of nitrogens with one attached hydrogen (secondary N) is 1. The minimum Gasteiger partial charge on any atom is -0.497 e. The molecule has 8 heteroatoms. The number of anilines is 1. The fraction of sp³-hybridized carbons (Fsp3) is 0.292. The molecule has 0 spiro atoms. The quantitative estimate of drug-likeness (QED) is 0.302. The molecule has 7 nitrogen and oxygen atoms in total. The Kier molecular flexibility index (Phi) is 6.50. The predicted octanol–water partition coefficient (Wildman–Crippen LogP) is 4.93. The summed E-state index contributed by atoms with van der Waals surface area (Å²) in [5.74, 6) is 1.09. The smallest absolute Gasteiger partial charge is 0.297 e. The highest BCUT2D eigenvalue weighted by Gasteiger charge is 2.18. The predicted molar refractivity (Wildman–Crippen MR) is 128 cm³/mol. The number of aromatic nitrogens is 2. The Bertz CT molecular complexity index is 1310. The molecule has 0 unspecified atom stereocenters. The topological polar surface area (TPSA) is 86.4 Å². The molecule has 2 aromatic carbocycles. The largest absolute Gasteiger partial charge is 0.497 e. The van der Waals surface area contributed by atoms with Gasteiger partial charge in [-0.1, -0.05) is 37.7 Å². The fourth-order valence-electron chi connectivity index (χ4n) is 3.35. The molecule has 2 heterocycles. The van der Waals surface area contributed by atoms with Crippen molar-refractivity contribution in [1.29, 1.82) is 0 Å². The van der Waals surface area contributed by atoms with Gasteiger partial charge in [0.05, 0.1) is 12.9 Å². The molecule has 0 aliphatic heterocycles. The van der Waals surface area contributed by atoms with Crippen LogP contribution in [-0.4, -0.2) is 28.3 Å². The standard InChI is InChI=1S/C24H25N3O4S/c1-15(2)12-13-27-23(29)22-21(18-6-4-5-7-19(18)31-22)26-24(27)32-14-20(28)25-16-8-10-17(30-3)11-9-16/h4-11,15H,12-14H2,1-3H3,(H,25,28). The third kappa shape index (κ3) is 4.65. The van der Waals surface area contributed by atoms with Crippen LogP contribution in [0.15, 0.2) is 62.9 Å². The first kappa shape index (κ1) is 22.0. The van der Waals surface area contributed by atoms with Crippen molar-refractivity contribution in [3.05, 3.63) is 58.9 Å². The van der Waals surface area contributed by atoms with E-state index in [-0.39, 0.29) is 22.8 Å². The van der Waals surface area contributed by atoms with Crippen molar-refractivity contribution in [3.63, 3.8) is 0 Å². The van der Waals surface area contributed by atoms with Gasteiger partial charge in [0.2, 0.25) is 11.5 Å². The third-order valence-electron chi connectivity index (χ3n) is 5.08. The molecule has 1 amide bonds. The molecule has 0 atom stereocenters. The highest BCUT2D eigenvalue weighted by Crippen LogP contribution is 2.27. The molecule has 4 aromatic rings. The number of ether oxygens (including phenoxy) is 1. The molecular weight excluding hydrogens is 426 g/mol. The minimum absolute atomic E-state index is 0.126. The van der Waals surface area contributed by atoms with E-state index in [0.717, 1.165) is 17.6 Å². The van der Waals surface area contributed by atoms with Gasteiger partial charge in [-0.3, -0.25) is 14.2 Å². The van der Waals surface area contributed by atoms with Gasteiger partial charge in [0.1, 0.15) is 16.8 Å². The first-order chi connectivity index (χ1) is 15.5. The van der Waals surface area contributed by atoms with E-state index >= 15 is 0 Å². The molecule has 32 heavy (non-hydrogen) atoms. The number of furan rings is 1. The number of carbonyl (C=O) groups is 1. The van der Waals surface area contributed by atoms with Crippen LogP contribution in [0.1, 0.15) is 20.3 Å². The highest BCUT2D eigenvalue weighted by molar-refractivity contribution is 7.99. The Morgan fingerprint density at radius 3 is 2.66 bits per heavy atom. The number of para-hydroxylation sites is 1. The van der Waals surface area contributed by atoms with Crippen LogP contribution in [0.2, 0.25) is 0 Å². The molecule has 166 valence electrons. The van der Waals surface area contributed by atoms with E-state index in [4.69, 9.17) is 14.1 Å². The van der Waals surface area contributed by atoms with Gasteiger partial charge >= 0.3 is 0 Å². The Labute approximate surface area is 189 Å². The second-order valence-corrected chi connectivity index (χ2v) is 8.82. The van der Waals surface area contributed by atoms with Gasteiger partial charge in [0.25, 0.3) is 5.56 Å². The van der Waals surface area contributed by atoms with Crippen LogP contribution in [0.4, 0.5) is 5.69 Å². The number of carbonyl (C=O) groups excluding carboxylic acids is 1. The van der Waals surface area contributed by atoms with Crippen LogP contribution in [0.3, 0.4) is 0 Å². The zero-order valence-electron chi connectivity index (χ0n) is 18.3. The summed E-state index contributed by atoms with van der Waals surface area (Å²) in [4.78, 5) is 30.5. The summed E-state index contributed by atoms with van der Waals surface area (Å²) in [5, 5.41) is 4.17. The first-order valence-electron chi connectivity index (χ1n) is 10.4. The highest BCUT2D eigenvalue weighted by atomic mass is 32.2. The summed E-state index contributed by atoms with van der Waals surface area (Å²) in [7, 11) is 1.59. The lowest BCUT2D eigenvalue weighted by Gasteiger charge is -2.13. The van der Waals surface area contributed by atoms with Crippen LogP contribution < -0.4 is 15.6 Å². The Balaban J connectivity index is 1.61. The van der Waals surface area contributed by atoms with E-state index in [1.165, 1.54) is 11.8 Å². The maximum atomic E-state index is 13.2. The lowest BCUT2D eigenvalue weighted by Crippen LogP contribution is -2.24. The van der Waals surface area contributed by atoms with Crippen molar-refractivity contribution >= 4 is 45.4 Å². The van der Waals surface area contributed by atoms with Crippen molar-refractivity contribution in [3.8, 4) is 5.75 Å². The maximum Gasteiger partial charge on any atom is 0.297 e. The summed E-state index contributed by atoms with van der Waals surface area (Å²) >= 11 is 1.25. The van der Waals surface area contributed by atoms with Gasteiger partial charge in [-0.25, -0.2) is 4.98 Å². The van der Waals surface area contributed by atoms with Crippen LogP contribution >= 0.6 is 11.8 Å². The van der Waals surface area contributed by atoms with Crippen molar-refractivity contribution in [2.24, 2.45) is 5.92 Å². The second-order valence-electron chi connectivity index (χ2n) is 7.87. The van der Waals surface area contributed by atoms with E-state index in [2.05, 4.69) is 19.2 Å². The first-order valence-corrected chi connectivity index (χ1v) is 11.4. The molecule has 0 saturated heterocycles. The van der Waals surface area contributed by atoms with Gasteiger partial charge in [-0.2, -0.15) is 0 Å². The summed E-state index contributed by atoms with van der Waals surface area (Å²) in [6, 6.07) is 14.6. The second kappa shape index (κ2) is 9.48. The summed E-state index contributed by atoms with van der Waals surface area (Å²) in [5.41, 5.74) is 1.87. The number of nitrogens with zero attached hydrogens (tertiary/aromatic N) is 2. The zero-order chi connectivity index (χ0) is 22.7. The third-order valence-corrected chi connectivity index (χ3v) is 6.06. The van der Waals surface area contributed by atoms with Gasteiger partial charge in [0, 0.05) is 17.6 Å². The Morgan fingerprint density at radius 2 is 1.94 bits per heavy atom. The molecule has 0 aliphatic carbocycles.